The lowest BCUT2D eigenvalue weighted by Crippen LogP contribution is -2.48. The summed E-state index contributed by atoms with van der Waals surface area (Å²) in [5.41, 5.74) is 0.954. The highest BCUT2D eigenvalue weighted by Crippen LogP contribution is 2.22. The SMILES string of the molecule is Cc1nc(CCNS(=O)(=O)N2C[C@@H](C)C[C@H](C)C2)cs1. The molecule has 1 aromatic heterocycles. The molecule has 7 heteroatoms. The average Bonchev–Trinajstić information content (AvgIpc) is 2.73. The zero-order valence-corrected chi connectivity index (χ0v) is 13.9. The summed E-state index contributed by atoms with van der Waals surface area (Å²) in [4.78, 5) is 4.34. The average molecular weight is 317 g/mol. The van der Waals surface area contributed by atoms with Crippen molar-refractivity contribution in [2.45, 2.75) is 33.6 Å². The van der Waals surface area contributed by atoms with Crippen molar-refractivity contribution in [3.05, 3.63) is 16.1 Å². The van der Waals surface area contributed by atoms with Crippen LogP contribution in [-0.4, -0.2) is 37.3 Å². The molecule has 0 aliphatic carbocycles. The zero-order chi connectivity index (χ0) is 14.8. The van der Waals surface area contributed by atoms with Crippen molar-refractivity contribution in [1.82, 2.24) is 14.0 Å². The van der Waals surface area contributed by atoms with Gasteiger partial charge in [0.05, 0.1) is 10.7 Å². The van der Waals surface area contributed by atoms with E-state index in [0.29, 0.717) is 37.9 Å². The van der Waals surface area contributed by atoms with E-state index in [1.165, 1.54) is 0 Å². The van der Waals surface area contributed by atoms with E-state index in [1.807, 2.05) is 12.3 Å². The molecule has 0 radical (unpaired) electrons. The highest BCUT2D eigenvalue weighted by Gasteiger charge is 2.29. The lowest BCUT2D eigenvalue weighted by molar-refractivity contribution is 0.220. The second-order valence-electron chi connectivity index (χ2n) is 5.77. The van der Waals surface area contributed by atoms with Gasteiger partial charge in [0, 0.05) is 31.4 Å². The molecule has 0 amide bonds. The van der Waals surface area contributed by atoms with E-state index in [9.17, 15) is 8.42 Å². The molecule has 1 aliphatic rings. The van der Waals surface area contributed by atoms with Crippen LogP contribution in [0.2, 0.25) is 0 Å². The van der Waals surface area contributed by atoms with Gasteiger partial charge in [-0.25, -0.2) is 9.71 Å². The van der Waals surface area contributed by atoms with Gasteiger partial charge in [0.15, 0.2) is 0 Å². The van der Waals surface area contributed by atoms with Gasteiger partial charge < -0.3 is 0 Å². The first-order valence-electron chi connectivity index (χ1n) is 7.02. The second-order valence-corrected chi connectivity index (χ2v) is 8.59. The molecule has 0 bridgehead atoms. The maximum Gasteiger partial charge on any atom is 0.279 e. The minimum absolute atomic E-state index is 0.408. The Bertz CT molecular complexity index is 532. The van der Waals surface area contributed by atoms with Crippen LogP contribution < -0.4 is 4.72 Å². The Hall–Kier alpha value is -0.500. The third-order valence-electron chi connectivity index (χ3n) is 3.51. The number of aryl methyl sites for hydroxylation is 1. The number of hydrogen-bond acceptors (Lipinski definition) is 4. The fourth-order valence-electron chi connectivity index (χ4n) is 2.72. The van der Waals surface area contributed by atoms with Crippen molar-refractivity contribution in [1.29, 1.82) is 0 Å². The van der Waals surface area contributed by atoms with Gasteiger partial charge in [0.25, 0.3) is 10.2 Å². The van der Waals surface area contributed by atoms with Crippen LogP contribution in [0, 0.1) is 18.8 Å². The van der Waals surface area contributed by atoms with E-state index in [0.717, 1.165) is 17.1 Å². The van der Waals surface area contributed by atoms with Crippen molar-refractivity contribution in [2.75, 3.05) is 19.6 Å². The highest BCUT2D eigenvalue weighted by molar-refractivity contribution is 7.87. The Morgan fingerprint density at radius 3 is 2.60 bits per heavy atom. The molecule has 20 heavy (non-hydrogen) atoms. The summed E-state index contributed by atoms with van der Waals surface area (Å²) in [5.74, 6) is 0.855. The standard InChI is InChI=1S/C13H23N3O2S2/c1-10-6-11(2)8-16(7-10)20(17,18)14-5-4-13-9-19-12(3)15-13/h9-11,14H,4-8H2,1-3H3/t10-,11-/m0/s1. The molecule has 0 aromatic carbocycles. The number of nitrogens with zero attached hydrogens (tertiary/aromatic N) is 2. The summed E-state index contributed by atoms with van der Waals surface area (Å²) >= 11 is 1.59. The van der Waals surface area contributed by atoms with E-state index in [4.69, 9.17) is 0 Å². The summed E-state index contributed by atoms with van der Waals surface area (Å²) < 4.78 is 28.8. The molecular formula is C13H23N3O2S2. The molecular weight excluding hydrogens is 294 g/mol. The molecule has 2 atom stereocenters. The summed E-state index contributed by atoms with van der Waals surface area (Å²) in [6.07, 6.45) is 1.74. The van der Waals surface area contributed by atoms with Crippen LogP contribution >= 0.6 is 11.3 Å². The molecule has 1 fully saturated rings. The second kappa shape index (κ2) is 6.51. The predicted molar refractivity (Wildman–Crippen MR) is 82.0 cm³/mol. The number of nitrogens with one attached hydrogen (secondary N) is 1. The molecule has 1 saturated heterocycles. The molecule has 2 rings (SSSR count). The first-order chi connectivity index (χ1) is 9.37. The summed E-state index contributed by atoms with van der Waals surface area (Å²) in [5, 5.41) is 3.00. The molecule has 0 saturated carbocycles. The molecule has 1 aromatic rings. The third-order valence-corrected chi connectivity index (χ3v) is 5.88. The molecule has 2 heterocycles. The van der Waals surface area contributed by atoms with Crippen molar-refractivity contribution in [3.8, 4) is 0 Å². The lowest BCUT2D eigenvalue weighted by atomic mass is 9.94. The summed E-state index contributed by atoms with van der Waals surface area (Å²) in [6, 6.07) is 0. The number of aromatic nitrogens is 1. The molecule has 5 nitrogen and oxygen atoms in total. The van der Waals surface area contributed by atoms with E-state index in [1.54, 1.807) is 15.6 Å². The predicted octanol–water partition coefficient (Wildman–Crippen LogP) is 1.81. The van der Waals surface area contributed by atoms with E-state index >= 15 is 0 Å². The van der Waals surface area contributed by atoms with Crippen molar-refractivity contribution >= 4 is 21.5 Å². The topological polar surface area (TPSA) is 62.3 Å². The lowest BCUT2D eigenvalue weighted by Gasteiger charge is -2.33. The van der Waals surface area contributed by atoms with E-state index < -0.39 is 10.2 Å². The third kappa shape index (κ3) is 4.25. The number of piperidine rings is 1. The van der Waals surface area contributed by atoms with E-state index in [2.05, 4.69) is 23.6 Å². The number of rotatable bonds is 5. The van der Waals surface area contributed by atoms with Gasteiger partial charge >= 0.3 is 0 Å². The van der Waals surface area contributed by atoms with Gasteiger partial charge in [0.1, 0.15) is 0 Å². The first kappa shape index (κ1) is 15.9. The van der Waals surface area contributed by atoms with Gasteiger partial charge in [-0.15, -0.1) is 11.3 Å². The van der Waals surface area contributed by atoms with Crippen LogP contribution in [0.15, 0.2) is 5.38 Å². The minimum atomic E-state index is -3.35. The quantitative estimate of drug-likeness (QED) is 0.901. The largest absolute Gasteiger partial charge is 0.279 e. The van der Waals surface area contributed by atoms with Crippen molar-refractivity contribution in [3.63, 3.8) is 0 Å². The van der Waals surface area contributed by atoms with Crippen LogP contribution in [0.25, 0.3) is 0 Å². The van der Waals surface area contributed by atoms with Crippen LogP contribution in [0.5, 0.6) is 0 Å². The van der Waals surface area contributed by atoms with Gasteiger partial charge in [-0.05, 0) is 25.2 Å². The minimum Gasteiger partial charge on any atom is -0.247 e. The monoisotopic (exact) mass is 317 g/mol. The molecule has 1 N–H and O–H groups in total. The van der Waals surface area contributed by atoms with Crippen LogP contribution in [-0.2, 0) is 16.6 Å². The Labute approximate surface area is 125 Å². The smallest absolute Gasteiger partial charge is 0.247 e. The molecule has 0 unspecified atom stereocenters. The Kier molecular flexibility index (Phi) is 5.17. The van der Waals surface area contributed by atoms with Gasteiger partial charge in [-0.1, -0.05) is 13.8 Å². The van der Waals surface area contributed by atoms with Crippen LogP contribution in [0.3, 0.4) is 0 Å². The molecule has 1 aliphatic heterocycles. The molecule has 114 valence electrons. The van der Waals surface area contributed by atoms with Gasteiger partial charge in [-0.2, -0.15) is 12.7 Å². The fourth-order valence-corrected chi connectivity index (χ4v) is 4.82. The van der Waals surface area contributed by atoms with Gasteiger partial charge in [0.2, 0.25) is 0 Å². The Morgan fingerprint density at radius 2 is 2.05 bits per heavy atom. The molecule has 0 spiro atoms. The van der Waals surface area contributed by atoms with Crippen LogP contribution in [0.1, 0.15) is 31.0 Å². The maximum atomic E-state index is 12.3. The highest BCUT2D eigenvalue weighted by atomic mass is 32.2. The van der Waals surface area contributed by atoms with Crippen molar-refractivity contribution < 1.29 is 8.42 Å². The van der Waals surface area contributed by atoms with Crippen LogP contribution in [0.4, 0.5) is 0 Å². The maximum absolute atomic E-state index is 12.3. The Morgan fingerprint density at radius 1 is 1.40 bits per heavy atom. The first-order valence-corrected chi connectivity index (χ1v) is 9.34. The number of thiazole rings is 1. The summed E-state index contributed by atoms with van der Waals surface area (Å²) in [6.45, 7) is 7.82. The fraction of sp³-hybridized carbons (Fsp3) is 0.769. The summed E-state index contributed by atoms with van der Waals surface area (Å²) in [7, 11) is -3.35. The number of hydrogen-bond donors (Lipinski definition) is 1. The van der Waals surface area contributed by atoms with Crippen molar-refractivity contribution in [2.24, 2.45) is 11.8 Å². The van der Waals surface area contributed by atoms with E-state index in [-0.39, 0.29) is 0 Å². The Balaban J connectivity index is 1.87. The normalized spacial score (nSPS) is 24.9. The van der Waals surface area contributed by atoms with Gasteiger partial charge in [-0.3, -0.25) is 0 Å². The zero-order valence-electron chi connectivity index (χ0n) is 12.3.